The quantitative estimate of drug-likeness (QED) is 0.657. The molecule has 0 bridgehead atoms. The Balaban J connectivity index is 3.04. The zero-order chi connectivity index (χ0) is 20.3. The average molecular weight is 408 g/mol. The minimum Gasteiger partial charge on any atom is -0.544 e. The number of hydrogen-bond acceptors (Lipinski definition) is 3. The van der Waals surface area contributed by atoms with E-state index < -0.39 is 40.9 Å². The summed E-state index contributed by atoms with van der Waals surface area (Å²) in [5.74, 6) is -1.25. The van der Waals surface area contributed by atoms with E-state index >= 15 is 0 Å². The number of alkyl halides is 3. The monoisotopic (exact) mass is 407 g/mol. The Morgan fingerprint density at radius 2 is 1.50 bits per heavy atom. The zero-order valence-corrected chi connectivity index (χ0v) is 18.3. The third kappa shape index (κ3) is 7.92. The van der Waals surface area contributed by atoms with Crippen molar-refractivity contribution in [3.8, 4) is 5.75 Å². The van der Waals surface area contributed by atoms with Crippen LogP contribution in [0.4, 0.5) is 13.2 Å². The SMILES string of the molecule is CC(NC(=O)C(F)(F)F)C(O[Si](C)(C)C)c1ccc(O[Si](C)(C)C)cc1. The summed E-state index contributed by atoms with van der Waals surface area (Å²) >= 11 is 0. The molecule has 1 rings (SSSR count). The standard InChI is InChI=1S/C17H28F3NO3Si2/c1-12(21-16(22)17(18,19)20)15(24-26(5,6)7)13-8-10-14(11-9-13)23-25(2,3)4/h8-12,15H,1-7H3,(H,21,22). The van der Waals surface area contributed by atoms with E-state index in [-0.39, 0.29) is 0 Å². The first-order valence-electron chi connectivity index (χ1n) is 8.43. The predicted molar refractivity (Wildman–Crippen MR) is 101 cm³/mol. The van der Waals surface area contributed by atoms with E-state index in [1.165, 1.54) is 6.92 Å². The van der Waals surface area contributed by atoms with Crippen LogP contribution in [0.1, 0.15) is 18.6 Å². The van der Waals surface area contributed by atoms with Gasteiger partial charge in [0.25, 0.3) is 0 Å². The van der Waals surface area contributed by atoms with Crippen molar-refractivity contribution in [3.63, 3.8) is 0 Å². The molecule has 2 unspecified atom stereocenters. The third-order valence-corrected chi connectivity index (χ3v) is 4.99. The van der Waals surface area contributed by atoms with E-state index in [1.807, 2.05) is 25.0 Å². The van der Waals surface area contributed by atoms with Gasteiger partial charge in [-0.3, -0.25) is 4.79 Å². The van der Waals surface area contributed by atoms with Crippen LogP contribution in [0.5, 0.6) is 5.75 Å². The maximum absolute atomic E-state index is 12.6. The average Bonchev–Trinajstić information content (AvgIpc) is 2.42. The summed E-state index contributed by atoms with van der Waals surface area (Å²) in [6.45, 7) is 13.5. The molecule has 4 nitrogen and oxygen atoms in total. The number of carbonyl (C=O) groups excluding carboxylic acids is 1. The Morgan fingerprint density at radius 3 is 1.88 bits per heavy atom. The lowest BCUT2D eigenvalue weighted by molar-refractivity contribution is -0.174. The molecular weight excluding hydrogens is 379 g/mol. The van der Waals surface area contributed by atoms with Crippen molar-refractivity contribution in [2.75, 3.05) is 0 Å². The highest BCUT2D eigenvalue weighted by molar-refractivity contribution is 6.70. The van der Waals surface area contributed by atoms with Crippen LogP contribution in [0.15, 0.2) is 24.3 Å². The maximum atomic E-state index is 12.6. The van der Waals surface area contributed by atoms with Crippen molar-refractivity contribution in [2.45, 2.75) is 64.5 Å². The summed E-state index contributed by atoms with van der Waals surface area (Å²) in [6, 6.07) is 6.28. The van der Waals surface area contributed by atoms with Crippen LogP contribution in [0.25, 0.3) is 0 Å². The number of nitrogens with one attached hydrogen (secondary N) is 1. The molecule has 1 aromatic rings. The van der Waals surface area contributed by atoms with Crippen molar-refractivity contribution in [1.29, 1.82) is 0 Å². The molecule has 0 aromatic heterocycles. The Labute approximate surface area is 155 Å². The second-order valence-corrected chi connectivity index (χ2v) is 17.1. The Morgan fingerprint density at radius 1 is 1.00 bits per heavy atom. The van der Waals surface area contributed by atoms with Crippen LogP contribution >= 0.6 is 0 Å². The van der Waals surface area contributed by atoms with Gasteiger partial charge in [-0.15, -0.1) is 0 Å². The normalized spacial score (nSPS) is 15.3. The van der Waals surface area contributed by atoms with E-state index in [0.29, 0.717) is 11.3 Å². The van der Waals surface area contributed by atoms with Crippen molar-refractivity contribution in [2.24, 2.45) is 0 Å². The zero-order valence-electron chi connectivity index (χ0n) is 16.3. The lowest BCUT2D eigenvalue weighted by atomic mass is 10.0. The molecule has 1 N–H and O–H groups in total. The van der Waals surface area contributed by atoms with Gasteiger partial charge in [-0.05, 0) is 63.9 Å². The van der Waals surface area contributed by atoms with Crippen molar-refractivity contribution >= 4 is 22.5 Å². The number of carbonyl (C=O) groups is 1. The number of amides is 1. The maximum Gasteiger partial charge on any atom is 0.471 e. The van der Waals surface area contributed by atoms with Gasteiger partial charge >= 0.3 is 12.1 Å². The molecule has 148 valence electrons. The third-order valence-electron chi connectivity index (χ3n) is 3.18. The first-order chi connectivity index (χ1) is 11.6. The molecule has 0 spiro atoms. The molecule has 26 heavy (non-hydrogen) atoms. The van der Waals surface area contributed by atoms with Crippen LogP contribution in [0, 0.1) is 0 Å². The lowest BCUT2D eigenvalue weighted by Crippen LogP contribution is -2.46. The molecule has 2 atom stereocenters. The Kier molecular flexibility index (Phi) is 7.11. The van der Waals surface area contributed by atoms with Crippen LogP contribution in [-0.2, 0) is 9.22 Å². The molecule has 9 heteroatoms. The lowest BCUT2D eigenvalue weighted by Gasteiger charge is -2.32. The fourth-order valence-corrected chi connectivity index (χ4v) is 4.23. The molecule has 0 saturated heterocycles. The first-order valence-corrected chi connectivity index (χ1v) is 15.2. The number of benzene rings is 1. The molecule has 1 aromatic carbocycles. The highest BCUT2D eigenvalue weighted by Gasteiger charge is 2.40. The van der Waals surface area contributed by atoms with Crippen molar-refractivity contribution in [1.82, 2.24) is 5.32 Å². The van der Waals surface area contributed by atoms with Gasteiger partial charge in [0.15, 0.2) is 8.32 Å². The second kappa shape index (κ2) is 8.14. The summed E-state index contributed by atoms with van der Waals surface area (Å²) in [4.78, 5) is 11.3. The molecular formula is C17H28F3NO3Si2. The van der Waals surface area contributed by atoms with Gasteiger partial charge in [-0.1, -0.05) is 12.1 Å². The molecule has 0 aliphatic carbocycles. The van der Waals surface area contributed by atoms with E-state index in [2.05, 4.69) is 19.6 Å². The molecule has 0 aliphatic heterocycles. The van der Waals surface area contributed by atoms with Gasteiger partial charge < -0.3 is 14.2 Å². The summed E-state index contributed by atoms with van der Waals surface area (Å²) < 4.78 is 49.7. The van der Waals surface area contributed by atoms with Crippen molar-refractivity contribution in [3.05, 3.63) is 29.8 Å². The number of rotatable bonds is 7. The number of hydrogen-bond donors (Lipinski definition) is 1. The topological polar surface area (TPSA) is 47.6 Å². The van der Waals surface area contributed by atoms with Gasteiger partial charge in [0.1, 0.15) is 5.75 Å². The smallest absolute Gasteiger partial charge is 0.471 e. The van der Waals surface area contributed by atoms with Crippen LogP contribution < -0.4 is 9.74 Å². The van der Waals surface area contributed by atoms with Gasteiger partial charge in [-0.2, -0.15) is 13.2 Å². The van der Waals surface area contributed by atoms with Gasteiger partial charge in [0, 0.05) is 0 Å². The van der Waals surface area contributed by atoms with Crippen LogP contribution in [0.3, 0.4) is 0 Å². The van der Waals surface area contributed by atoms with Gasteiger partial charge in [0.2, 0.25) is 8.32 Å². The van der Waals surface area contributed by atoms with Gasteiger partial charge in [-0.25, -0.2) is 0 Å². The first kappa shape index (κ1) is 22.7. The minimum atomic E-state index is -4.92. The summed E-state index contributed by atoms with van der Waals surface area (Å²) in [5, 5.41) is 2.00. The largest absolute Gasteiger partial charge is 0.544 e. The predicted octanol–water partition coefficient (Wildman–Crippen LogP) is 4.86. The highest BCUT2D eigenvalue weighted by atomic mass is 28.4. The van der Waals surface area contributed by atoms with E-state index in [1.54, 1.807) is 24.3 Å². The second-order valence-electron chi connectivity index (χ2n) is 8.19. The van der Waals surface area contributed by atoms with Gasteiger partial charge in [0.05, 0.1) is 12.1 Å². The highest BCUT2D eigenvalue weighted by Crippen LogP contribution is 2.29. The molecule has 1 amide bonds. The minimum absolute atomic E-state index is 0.672. The van der Waals surface area contributed by atoms with E-state index in [0.717, 1.165) is 0 Å². The molecule has 0 heterocycles. The van der Waals surface area contributed by atoms with E-state index in [9.17, 15) is 18.0 Å². The van der Waals surface area contributed by atoms with Crippen molar-refractivity contribution < 1.29 is 26.8 Å². The Hall–Kier alpha value is -1.33. The summed E-state index contributed by atoms with van der Waals surface area (Å²) in [5.41, 5.74) is 0.699. The molecule has 0 fully saturated rings. The van der Waals surface area contributed by atoms with E-state index in [4.69, 9.17) is 8.85 Å². The summed E-state index contributed by atoms with van der Waals surface area (Å²) in [6.07, 6.45) is -5.60. The summed E-state index contributed by atoms with van der Waals surface area (Å²) in [7, 11) is -3.82. The molecule has 0 aliphatic rings. The fourth-order valence-electron chi connectivity index (χ4n) is 2.28. The fraction of sp³-hybridized carbons (Fsp3) is 0.588. The van der Waals surface area contributed by atoms with Crippen LogP contribution in [-0.4, -0.2) is 34.8 Å². The molecule has 0 saturated carbocycles. The number of halogens is 3. The Bertz CT molecular complexity index is 608. The molecule has 0 radical (unpaired) electrons. The van der Waals surface area contributed by atoms with Crippen LogP contribution in [0.2, 0.25) is 39.3 Å².